The van der Waals surface area contributed by atoms with Crippen molar-refractivity contribution in [3.05, 3.63) is 65.2 Å². The molecule has 2 aromatic rings. The molecule has 2 N–H and O–H groups in total. The zero-order valence-electron chi connectivity index (χ0n) is 18.0. The van der Waals surface area contributed by atoms with Crippen molar-refractivity contribution in [1.29, 1.82) is 0 Å². The molecule has 29 heavy (non-hydrogen) atoms. The van der Waals surface area contributed by atoms with Crippen LogP contribution in [0.4, 0.5) is 0 Å². The number of benzene rings is 2. The first-order valence-corrected chi connectivity index (χ1v) is 12.4. The molecule has 0 aromatic heterocycles. The Morgan fingerprint density at radius 3 is 2.03 bits per heavy atom. The van der Waals surface area contributed by atoms with Crippen LogP contribution in [0, 0.1) is 6.92 Å². The van der Waals surface area contributed by atoms with Crippen LogP contribution < -0.4 is 9.44 Å². The van der Waals surface area contributed by atoms with Crippen LogP contribution >= 0.6 is 0 Å². The molecule has 0 amide bonds. The van der Waals surface area contributed by atoms with Gasteiger partial charge in [0, 0.05) is 6.54 Å². The summed E-state index contributed by atoms with van der Waals surface area (Å²) in [4.78, 5) is 0.218. The summed E-state index contributed by atoms with van der Waals surface area (Å²) in [5, 5.41) is 0. The van der Waals surface area contributed by atoms with Crippen molar-refractivity contribution in [2.45, 2.75) is 63.1 Å². The Morgan fingerprint density at radius 1 is 0.966 bits per heavy atom. The summed E-state index contributed by atoms with van der Waals surface area (Å²) in [6, 6.07) is 14.2. The van der Waals surface area contributed by atoms with Crippen LogP contribution in [0.25, 0.3) is 0 Å². The summed E-state index contributed by atoms with van der Waals surface area (Å²) >= 11 is 0. The van der Waals surface area contributed by atoms with E-state index in [2.05, 4.69) is 23.3 Å². The van der Waals surface area contributed by atoms with Gasteiger partial charge in [-0.15, -0.1) is 0 Å². The van der Waals surface area contributed by atoms with Gasteiger partial charge in [0.1, 0.15) is 0 Å². The molecule has 2 rings (SSSR count). The second-order valence-corrected chi connectivity index (χ2v) is 12.3. The maximum absolute atomic E-state index is 12.8. The van der Waals surface area contributed by atoms with Crippen molar-refractivity contribution in [3.63, 3.8) is 0 Å². The Bertz CT molecular complexity index is 947. The highest BCUT2D eigenvalue weighted by Crippen LogP contribution is 2.26. The van der Waals surface area contributed by atoms with Crippen molar-refractivity contribution in [1.82, 2.24) is 9.44 Å². The van der Waals surface area contributed by atoms with Gasteiger partial charge in [0.2, 0.25) is 10.0 Å². The molecule has 0 aliphatic rings. The lowest BCUT2D eigenvalue weighted by atomic mass is 9.93. The van der Waals surface area contributed by atoms with Gasteiger partial charge in [0.15, 0.2) is 0 Å². The van der Waals surface area contributed by atoms with E-state index in [-0.39, 0.29) is 17.4 Å². The lowest BCUT2D eigenvalue weighted by Crippen LogP contribution is -2.41. The van der Waals surface area contributed by atoms with Crippen LogP contribution in [0.15, 0.2) is 53.4 Å². The zero-order valence-corrected chi connectivity index (χ0v) is 19.7. The van der Waals surface area contributed by atoms with Crippen LogP contribution in [0.5, 0.6) is 0 Å². The average Bonchev–Trinajstić information content (AvgIpc) is 2.64. The predicted octanol–water partition coefficient (Wildman–Crippen LogP) is 4.19. The van der Waals surface area contributed by atoms with E-state index < -0.39 is 31.8 Å². The minimum absolute atomic E-state index is 0.0990. The van der Waals surface area contributed by atoms with Crippen LogP contribution in [0.3, 0.4) is 0 Å². The molecule has 5 nitrogen and oxygen atoms in total. The zero-order chi connectivity index (χ0) is 21.8. The molecule has 0 spiro atoms. The van der Waals surface area contributed by atoms with Crippen LogP contribution in [0.2, 0.25) is 0 Å². The minimum Gasteiger partial charge on any atom is -0.242 e. The SMILES string of the molecule is Cc1ccc(S(=O)(=O)NCC(NS(=O)C(C)(C)C)c2ccccc2C(C)C)cc1. The van der Waals surface area contributed by atoms with Gasteiger partial charge < -0.3 is 0 Å². The summed E-state index contributed by atoms with van der Waals surface area (Å²) in [6.45, 7) is 11.9. The largest absolute Gasteiger partial charge is 0.242 e. The minimum atomic E-state index is -3.67. The summed E-state index contributed by atoms with van der Waals surface area (Å²) in [5.74, 6) is 0.257. The standard InChI is InChI=1S/C22H32N2O3S2/c1-16(2)19-9-7-8-10-20(19)21(24-28(25)22(4,5)6)15-23-29(26,27)18-13-11-17(3)12-14-18/h7-14,16,21,23-24H,15H2,1-6H3. The fraction of sp³-hybridized carbons (Fsp3) is 0.455. The van der Waals surface area contributed by atoms with Gasteiger partial charge in [-0.2, -0.15) is 0 Å². The maximum atomic E-state index is 12.8. The van der Waals surface area contributed by atoms with Crippen LogP contribution in [-0.4, -0.2) is 23.9 Å². The normalized spacial score (nSPS) is 14.7. The topological polar surface area (TPSA) is 75.3 Å². The summed E-state index contributed by atoms with van der Waals surface area (Å²) in [5.41, 5.74) is 3.05. The van der Waals surface area contributed by atoms with Gasteiger partial charge in [0.25, 0.3) is 0 Å². The molecule has 0 heterocycles. The van der Waals surface area contributed by atoms with E-state index in [1.807, 2.05) is 52.0 Å². The quantitative estimate of drug-likeness (QED) is 0.651. The van der Waals surface area contributed by atoms with E-state index in [1.54, 1.807) is 24.3 Å². The van der Waals surface area contributed by atoms with Crippen molar-refractivity contribution >= 4 is 21.0 Å². The Kier molecular flexibility index (Phi) is 7.79. The number of hydrogen-bond donors (Lipinski definition) is 2. The van der Waals surface area contributed by atoms with Crippen molar-refractivity contribution in [2.75, 3.05) is 6.54 Å². The van der Waals surface area contributed by atoms with Gasteiger partial charge in [-0.25, -0.2) is 22.1 Å². The van der Waals surface area contributed by atoms with Crippen molar-refractivity contribution in [2.24, 2.45) is 0 Å². The Morgan fingerprint density at radius 2 is 1.52 bits per heavy atom. The third-order valence-corrected chi connectivity index (χ3v) is 7.66. The average molecular weight is 437 g/mol. The van der Waals surface area contributed by atoms with E-state index in [0.29, 0.717) is 0 Å². The second-order valence-electron chi connectivity index (χ2n) is 8.50. The van der Waals surface area contributed by atoms with E-state index in [9.17, 15) is 12.6 Å². The highest BCUT2D eigenvalue weighted by molar-refractivity contribution is 7.89. The third-order valence-electron chi connectivity index (χ3n) is 4.61. The fourth-order valence-corrected chi connectivity index (χ4v) is 4.74. The number of aryl methyl sites for hydroxylation is 1. The summed E-state index contributed by atoms with van der Waals surface area (Å²) in [7, 11) is -5.02. The van der Waals surface area contributed by atoms with Crippen LogP contribution in [-0.2, 0) is 21.0 Å². The molecule has 2 atom stereocenters. The first kappa shape index (κ1) is 23.7. The van der Waals surface area contributed by atoms with Gasteiger partial charge in [-0.05, 0) is 56.9 Å². The van der Waals surface area contributed by atoms with Crippen LogP contribution in [0.1, 0.15) is 63.3 Å². The molecule has 160 valence electrons. The maximum Gasteiger partial charge on any atom is 0.240 e. The molecule has 0 saturated heterocycles. The molecular formula is C22H32N2O3S2. The van der Waals surface area contributed by atoms with Gasteiger partial charge in [0.05, 0.1) is 26.7 Å². The third kappa shape index (κ3) is 6.47. The van der Waals surface area contributed by atoms with E-state index in [1.165, 1.54) is 0 Å². The number of nitrogens with one attached hydrogen (secondary N) is 2. The number of sulfonamides is 1. The molecule has 0 aliphatic heterocycles. The Balaban J connectivity index is 2.33. The monoisotopic (exact) mass is 436 g/mol. The molecule has 0 saturated carbocycles. The lowest BCUT2D eigenvalue weighted by Gasteiger charge is -2.27. The fourth-order valence-electron chi connectivity index (χ4n) is 2.87. The number of rotatable bonds is 8. The van der Waals surface area contributed by atoms with E-state index in [0.717, 1.165) is 16.7 Å². The predicted molar refractivity (Wildman–Crippen MR) is 121 cm³/mol. The molecule has 2 aromatic carbocycles. The first-order valence-electron chi connectivity index (χ1n) is 9.75. The van der Waals surface area contributed by atoms with Gasteiger partial charge in [-0.1, -0.05) is 55.8 Å². The number of hydrogen-bond acceptors (Lipinski definition) is 3. The Labute approximate surface area is 178 Å². The van der Waals surface area contributed by atoms with E-state index in [4.69, 9.17) is 0 Å². The highest BCUT2D eigenvalue weighted by Gasteiger charge is 2.26. The molecule has 2 unspecified atom stereocenters. The molecule has 0 aliphatic carbocycles. The molecule has 0 fully saturated rings. The first-order chi connectivity index (χ1) is 13.4. The van der Waals surface area contributed by atoms with E-state index >= 15 is 0 Å². The van der Waals surface area contributed by atoms with Crippen molar-refractivity contribution in [3.8, 4) is 0 Å². The van der Waals surface area contributed by atoms with Gasteiger partial charge in [-0.3, -0.25) is 0 Å². The molecule has 0 radical (unpaired) electrons. The highest BCUT2D eigenvalue weighted by atomic mass is 32.2. The van der Waals surface area contributed by atoms with Crippen molar-refractivity contribution < 1.29 is 12.6 Å². The smallest absolute Gasteiger partial charge is 0.240 e. The molecule has 0 bridgehead atoms. The summed E-state index contributed by atoms with van der Waals surface area (Å²) < 4.78 is 43.7. The lowest BCUT2D eigenvalue weighted by molar-refractivity contribution is 0.555. The van der Waals surface area contributed by atoms with Gasteiger partial charge >= 0.3 is 0 Å². The summed E-state index contributed by atoms with van der Waals surface area (Å²) in [6.07, 6.45) is 0. The molecular weight excluding hydrogens is 404 g/mol. The molecule has 7 heteroatoms. The second kappa shape index (κ2) is 9.51. The Hall–Kier alpha value is -1.54.